The predicted octanol–water partition coefficient (Wildman–Crippen LogP) is 1.78. The van der Waals surface area contributed by atoms with Crippen LogP contribution in [0, 0.1) is 0 Å². The molecule has 1 aromatic rings. The fourth-order valence-electron chi connectivity index (χ4n) is 2.37. The van der Waals surface area contributed by atoms with Crippen molar-refractivity contribution in [3.63, 3.8) is 0 Å². The average molecular weight is 233 g/mol. The first-order valence-corrected chi connectivity index (χ1v) is 6.07. The SMILES string of the molecule is CCc1cccc(C2(C(N)C(=O)OC)CC2)c1. The molecule has 3 nitrogen and oxygen atoms in total. The monoisotopic (exact) mass is 233 g/mol. The second-order valence-electron chi connectivity index (χ2n) is 4.71. The molecule has 1 saturated carbocycles. The number of rotatable bonds is 4. The van der Waals surface area contributed by atoms with E-state index in [1.807, 2.05) is 6.07 Å². The average Bonchev–Trinajstić information content (AvgIpc) is 3.18. The highest BCUT2D eigenvalue weighted by atomic mass is 16.5. The van der Waals surface area contributed by atoms with Gasteiger partial charge in [0.25, 0.3) is 0 Å². The van der Waals surface area contributed by atoms with Crippen molar-refractivity contribution in [1.29, 1.82) is 0 Å². The van der Waals surface area contributed by atoms with Crippen LogP contribution in [0.4, 0.5) is 0 Å². The number of carbonyl (C=O) groups is 1. The normalized spacial score (nSPS) is 18.5. The maximum atomic E-state index is 11.6. The molecule has 1 aromatic carbocycles. The van der Waals surface area contributed by atoms with Crippen LogP contribution < -0.4 is 5.73 Å². The Hall–Kier alpha value is -1.35. The van der Waals surface area contributed by atoms with Gasteiger partial charge in [0.2, 0.25) is 0 Å². The van der Waals surface area contributed by atoms with E-state index in [9.17, 15) is 4.79 Å². The Morgan fingerprint density at radius 1 is 1.53 bits per heavy atom. The van der Waals surface area contributed by atoms with Crippen LogP contribution in [-0.2, 0) is 21.4 Å². The van der Waals surface area contributed by atoms with Gasteiger partial charge in [-0.25, -0.2) is 0 Å². The molecule has 1 atom stereocenters. The Morgan fingerprint density at radius 3 is 2.76 bits per heavy atom. The van der Waals surface area contributed by atoms with Crippen LogP contribution in [0.1, 0.15) is 30.9 Å². The van der Waals surface area contributed by atoms with Crippen LogP contribution in [0.2, 0.25) is 0 Å². The second kappa shape index (κ2) is 4.49. The smallest absolute Gasteiger partial charge is 0.323 e. The molecule has 0 heterocycles. The molecular weight excluding hydrogens is 214 g/mol. The molecule has 3 heteroatoms. The zero-order valence-electron chi connectivity index (χ0n) is 10.4. The van der Waals surface area contributed by atoms with Crippen molar-refractivity contribution in [2.24, 2.45) is 5.73 Å². The van der Waals surface area contributed by atoms with E-state index in [4.69, 9.17) is 10.5 Å². The summed E-state index contributed by atoms with van der Waals surface area (Å²) in [5.74, 6) is -0.315. The van der Waals surface area contributed by atoms with Gasteiger partial charge in [0.05, 0.1) is 7.11 Å². The van der Waals surface area contributed by atoms with Gasteiger partial charge in [-0.2, -0.15) is 0 Å². The van der Waals surface area contributed by atoms with Gasteiger partial charge >= 0.3 is 5.97 Å². The number of hydrogen-bond donors (Lipinski definition) is 1. The second-order valence-corrected chi connectivity index (χ2v) is 4.71. The van der Waals surface area contributed by atoms with Crippen LogP contribution in [0.3, 0.4) is 0 Å². The van der Waals surface area contributed by atoms with Crippen molar-refractivity contribution in [1.82, 2.24) is 0 Å². The van der Waals surface area contributed by atoms with Crippen LogP contribution >= 0.6 is 0 Å². The standard InChI is InChI=1S/C14H19NO2/c1-3-10-5-4-6-11(9-10)14(7-8-14)12(15)13(16)17-2/h4-6,9,12H,3,7-8,15H2,1-2H3. The van der Waals surface area contributed by atoms with Crippen LogP contribution in [0.25, 0.3) is 0 Å². The topological polar surface area (TPSA) is 52.3 Å². The van der Waals surface area contributed by atoms with E-state index in [0.29, 0.717) is 0 Å². The molecule has 0 spiro atoms. The zero-order valence-corrected chi connectivity index (χ0v) is 10.4. The lowest BCUT2D eigenvalue weighted by Gasteiger charge is -2.22. The van der Waals surface area contributed by atoms with Gasteiger partial charge in [-0.05, 0) is 30.4 Å². The van der Waals surface area contributed by atoms with Gasteiger partial charge < -0.3 is 10.5 Å². The number of hydrogen-bond acceptors (Lipinski definition) is 3. The van der Waals surface area contributed by atoms with Gasteiger partial charge in [0.15, 0.2) is 0 Å². The van der Waals surface area contributed by atoms with E-state index >= 15 is 0 Å². The van der Waals surface area contributed by atoms with Crippen molar-refractivity contribution in [2.75, 3.05) is 7.11 Å². The summed E-state index contributed by atoms with van der Waals surface area (Å²) in [4.78, 5) is 11.6. The van der Waals surface area contributed by atoms with Crippen LogP contribution in [0.5, 0.6) is 0 Å². The number of nitrogens with two attached hydrogens (primary N) is 1. The van der Waals surface area contributed by atoms with E-state index in [2.05, 4.69) is 25.1 Å². The lowest BCUT2D eigenvalue weighted by atomic mass is 9.87. The molecule has 0 aliphatic heterocycles. The predicted molar refractivity (Wildman–Crippen MR) is 66.7 cm³/mol. The maximum absolute atomic E-state index is 11.6. The molecule has 17 heavy (non-hydrogen) atoms. The van der Waals surface area contributed by atoms with E-state index in [0.717, 1.165) is 19.3 Å². The van der Waals surface area contributed by atoms with E-state index < -0.39 is 6.04 Å². The fourth-order valence-corrected chi connectivity index (χ4v) is 2.37. The van der Waals surface area contributed by atoms with Gasteiger partial charge in [0, 0.05) is 5.41 Å². The Morgan fingerprint density at radius 2 is 2.24 bits per heavy atom. The molecule has 1 fully saturated rings. The number of carbonyl (C=O) groups excluding carboxylic acids is 1. The minimum atomic E-state index is -0.542. The molecule has 0 bridgehead atoms. The summed E-state index contributed by atoms with van der Waals surface area (Å²) in [6.07, 6.45) is 2.93. The van der Waals surface area contributed by atoms with Crippen molar-refractivity contribution < 1.29 is 9.53 Å². The molecule has 0 aromatic heterocycles. The molecule has 1 aliphatic rings. The van der Waals surface area contributed by atoms with E-state index in [1.165, 1.54) is 18.2 Å². The number of esters is 1. The third kappa shape index (κ3) is 2.07. The molecule has 1 aliphatic carbocycles. The Kier molecular flexibility index (Phi) is 3.20. The lowest BCUT2D eigenvalue weighted by molar-refractivity contribution is -0.143. The van der Waals surface area contributed by atoms with Gasteiger partial charge in [0.1, 0.15) is 6.04 Å². The van der Waals surface area contributed by atoms with Crippen LogP contribution in [0.15, 0.2) is 24.3 Å². The quantitative estimate of drug-likeness (QED) is 0.806. The van der Waals surface area contributed by atoms with Crippen LogP contribution in [-0.4, -0.2) is 19.1 Å². The Balaban J connectivity index is 2.29. The van der Waals surface area contributed by atoms with Gasteiger partial charge in [-0.3, -0.25) is 4.79 Å². The third-order valence-electron chi connectivity index (χ3n) is 3.75. The molecular formula is C14H19NO2. The van der Waals surface area contributed by atoms with Crippen molar-refractivity contribution in [2.45, 2.75) is 37.6 Å². The molecule has 2 rings (SSSR count). The third-order valence-corrected chi connectivity index (χ3v) is 3.75. The number of aryl methyl sites for hydroxylation is 1. The molecule has 2 N–H and O–H groups in total. The summed E-state index contributed by atoms with van der Waals surface area (Å²) < 4.78 is 4.75. The lowest BCUT2D eigenvalue weighted by Crippen LogP contribution is -2.42. The summed E-state index contributed by atoms with van der Waals surface area (Å²) in [5.41, 5.74) is 8.29. The fraction of sp³-hybridized carbons (Fsp3) is 0.500. The highest BCUT2D eigenvalue weighted by molar-refractivity contribution is 5.78. The molecule has 0 amide bonds. The first-order chi connectivity index (χ1) is 8.14. The highest BCUT2D eigenvalue weighted by Crippen LogP contribution is 2.50. The largest absolute Gasteiger partial charge is 0.468 e. The summed E-state index contributed by atoms with van der Waals surface area (Å²) >= 11 is 0. The number of ether oxygens (including phenoxy) is 1. The van der Waals surface area contributed by atoms with E-state index in [1.54, 1.807) is 0 Å². The summed E-state index contributed by atoms with van der Waals surface area (Å²) in [5, 5.41) is 0. The minimum absolute atomic E-state index is 0.182. The van der Waals surface area contributed by atoms with Gasteiger partial charge in [-0.1, -0.05) is 31.2 Å². The van der Waals surface area contributed by atoms with E-state index in [-0.39, 0.29) is 11.4 Å². The van der Waals surface area contributed by atoms with Crippen molar-refractivity contribution in [3.8, 4) is 0 Å². The molecule has 0 radical (unpaired) electrons. The summed E-state index contributed by atoms with van der Waals surface area (Å²) in [7, 11) is 1.39. The Bertz CT molecular complexity index is 424. The minimum Gasteiger partial charge on any atom is -0.468 e. The maximum Gasteiger partial charge on any atom is 0.323 e. The summed E-state index contributed by atoms with van der Waals surface area (Å²) in [6, 6.07) is 7.83. The molecule has 0 saturated heterocycles. The van der Waals surface area contributed by atoms with Crippen molar-refractivity contribution in [3.05, 3.63) is 35.4 Å². The number of methoxy groups -OCH3 is 1. The Labute approximate surface area is 102 Å². The molecule has 92 valence electrons. The number of benzene rings is 1. The first kappa shape index (κ1) is 12.1. The summed E-state index contributed by atoms with van der Waals surface area (Å²) in [6.45, 7) is 2.12. The van der Waals surface area contributed by atoms with Crippen molar-refractivity contribution >= 4 is 5.97 Å². The highest BCUT2D eigenvalue weighted by Gasteiger charge is 2.52. The van der Waals surface area contributed by atoms with Gasteiger partial charge in [-0.15, -0.1) is 0 Å². The zero-order chi connectivity index (χ0) is 12.5. The first-order valence-electron chi connectivity index (χ1n) is 6.07. The molecule has 1 unspecified atom stereocenters.